The van der Waals surface area contributed by atoms with Crippen molar-refractivity contribution in [3.8, 4) is 17.2 Å². The zero-order chi connectivity index (χ0) is 17.1. The van der Waals surface area contributed by atoms with Crippen LogP contribution in [0.3, 0.4) is 0 Å². The minimum atomic E-state index is -0.141. The zero-order valence-corrected chi connectivity index (χ0v) is 13.8. The summed E-state index contributed by atoms with van der Waals surface area (Å²) in [5.41, 5.74) is 1.84. The predicted octanol–water partition coefficient (Wildman–Crippen LogP) is 3.41. The first kappa shape index (κ1) is 15.9. The molecule has 5 nitrogen and oxygen atoms in total. The maximum Gasteiger partial charge on any atom is 0.204 e. The lowest BCUT2D eigenvalue weighted by atomic mass is 10.0. The monoisotopic (exact) mass is 326 g/mol. The van der Waals surface area contributed by atoms with Crippen molar-refractivity contribution in [3.63, 3.8) is 0 Å². The summed E-state index contributed by atoms with van der Waals surface area (Å²) in [6.07, 6.45) is 1.97. The van der Waals surface area contributed by atoms with E-state index in [0.29, 0.717) is 40.2 Å². The van der Waals surface area contributed by atoms with Crippen LogP contribution in [-0.4, -0.2) is 21.3 Å². The van der Waals surface area contributed by atoms with Crippen LogP contribution >= 0.6 is 0 Å². The lowest BCUT2D eigenvalue weighted by molar-refractivity contribution is 0.326. The molecule has 124 valence electrons. The molecule has 3 aromatic rings. The summed E-state index contributed by atoms with van der Waals surface area (Å²) < 4.78 is 21.7. The largest absolute Gasteiger partial charge is 0.493 e. The van der Waals surface area contributed by atoms with Gasteiger partial charge in [0, 0.05) is 18.1 Å². The summed E-state index contributed by atoms with van der Waals surface area (Å²) in [7, 11) is 4.51. The van der Waals surface area contributed by atoms with E-state index in [-0.39, 0.29) is 5.43 Å². The molecule has 1 heterocycles. The van der Waals surface area contributed by atoms with Crippen molar-refractivity contribution in [2.45, 2.75) is 6.42 Å². The fourth-order valence-corrected chi connectivity index (χ4v) is 2.73. The summed E-state index contributed by atoms with van der Waals surface area (Å²) >= 11 is 0. The predicted molar refractivity (Wildman–Crippen MR) is 91.4 cm³/mol. The lowest BCUT2D eigenvalue weighted by Gasteiger charge is -2.14. The molecular formula is C19H18O5. The maximum atomic E-state index is 12.9. The number of fused-ring (bicyclic) bond motifs is 1. The van der Waals surface area contributed by atoms with Crippen molar-refractivity contribution < 1.29 is 18.6 Å². The van der Waals surface area contributed by atoms with Crippen LogP contribution in [0.4, 0.5) is 0 Å². The fraction of sp³-hybridized carbons (Fsp3) is 0.211. The van der Waals surface area contributed by atoms with Crippen LogP contribution in [-0.2, 0) is 6.42 Å². The van der Waals surface area contributed by atoms with E-state index in [9.17, 15) is 4.79 Å². The Hall–Kier alpha value is -2.95. The third kappa shape index (κ3) is 2.69. The maximum absolute atomic E-state index is 12.9. The molecule has 3 rings (SSSR count). The second-order valence-electron chi connectivity index (χ2n) is 5.27. The van der Waals surface area contributed by atoms with E-state index in [1.165, 1.54) is 27.6 Å². The average molecular weight is 326 g/mol. The van der Waals surface area contributed by atoms with E-state index in [1.54, 1.807) is 6.07 Å². The van der Waals surface area contributed by atoms with Gasteiger partial charge >= 0.3 is 0 Å². The van der Waals surface area contributed by atoms with Crippen LogP contribution in [0.15, 0.2) is 51.9 Å². The van der Waals surface area contributed by atoms with Crippen LogP contribution in [0, 0.1) is 0 Å². The van der Waals surface area contributed by atoms with Gasteiger partial charge in [-0.3, -0.25) is 4.79 Å². The molecule has 0 spiro atoms. The molecule has 0 radical (unpaired) electrons. The normalized spacial score (nSPS) is 10.6. The van der Waals surface area contributed by atoms with Crippen LogP contribution < -0.4 is 19.6 Å². The van der Waals surface area contributed by atoms with E-state index in [0.717, 1.165) is 5.56 Å². The van der Waals surface area contributed by atoms with Gasteiger partial charge in [-0.15, -0.1) is 0 Å². The molecular weight excluding hydrogens is 308 g/mol. The highest BCUT2D eigenvalue weighted by Crippen LogP contribution is 2.42. The Balaban J connectivity index is 2.22. The Labute approximate surface area is 139 Å². The van der Waals surface area contributed by atoms with E-state index in [1.807, 2.05) is 30.3 Å². The Morgan fingerprint density at radius 2 is 1.67 bits per heavy atom. The summed E-state index contributed by atoms with van der Waals surface area (Å²) in [5.74, 6) is 1.13. The highest BCUT2D eigenvalue weighted by atomic mass is 16.5. The summed E-state index contributed by atoms with van der Waals surface area (Å²) in [6, 6.07) is 11.4. The number of hydrogen-bond donors (Lipinski definition) is 0. The summed E-state index contributed by atoms with van der Waals surface area (Å²) in [6.45, 7) is 0. The van der Waals surface area contributed by atoms with Gasteiger partial charge < -0.3 is 18.6 Å². The number of methoxy groups -OCH3 is 3. The van der Waals surface area contributed by atoms with Crippen molar-refractivity contribution in [3.05, 3.63) is 64.0 Å². The van der Waals surface area contributed by atoms with Gasteiger partial charge in [-0.05, 0) is 5.56 Å². The third-order valence-electron chi connectivity index (χ3n) is 3.88. The van der Waals surface area contributed by atoms with Gasteiger partial charge in [-0.2, -0.15) is 0 Å². The average Bonchev–Trinajstić information content (AvgIpc) is 2.63. The topological polar surface area (TPSA) is 57.9 Å². The molecule has 0 atom stereocenters. The Kier molecular flexibility index (Phi) is 4.42. The van der Waals surface area contributed by atoms with Crippen LogP contribution in [0.1, 0.15) is 11.1 Å². The van der Waals surface area contributed by atoms with Crippen LogP contribution in [0.25, 0.3) is 11.0 Å². The first-order valence-electron chi connectivity index (χ1n) is 7.46. The quantitative estimate of drug-likeness (QED) is 0.719. The van der Waals surface area contributed by atoms with Gasteiger partial charge in [-0.1, -0.05) is 30.3 Å². The fourth-order valence-electron chi connectivity index (χ4n) is 2.73. The SMILES string of the molecule is COc1cc2occ(Cc3ccccc3)c(=O)c2c(OC)c1OC. The van der Waals surface area contributed by atoms with Crippen molar-refractivity contribution in [1.29, 1.82) is 0 Å². The smallest absolute Gasteiger partial charge is 0.204 e. The Morgan fingerprint density at radius 3 is 2.29 bits per heavy atom. The van der Waals surface area contributed by atoms with Gasteiger partial charge in [-0.25, -0.2) is 0 Å². The second-order valence-corrected chi connectivity index (χ2v) is 5.27. The zero-order valence-electron chi connectivity index (χ0n) is 13.8. The number of ether oxygens (including phenoxy) is 3. The van der Waals surface area contributed by atoms with Gasteiger partial charge in [0.15, 0.2) is 16.9 Å². The third-order valence-corrected chi connectivity index (χ3v) is 3.88. The molecule has 0 aliphatic heterocycles. The molecule has 0 unspecified atom stereocenters. The minimum Gasteiger partial charge on any atom is -0.493 e. The van der Waals surface area contributed by atoms with E-state index >= 15 is 0 Å². The van der Waals surface area contributed by atoms with Crippen molar-refractivity contribution >= 4 is 11.0 Å². The molecule has 1 aromatic heterocycles. The van der Waals surface area contributed by atoms with E-state index in [2.05, 4.69) is 0 Å². The summed E-state index contributed by atoms with van der Waals surface area (Å²) in [5, 5.41) is 0.351. The Bertz CT molecular complexity index is 912. The lowest BCUT2D eigenvalue weighted by Crippen LogP contribution is -2.11. The van der Waals surface area contributed by atoms with E-state index in [4.69, 9.17) is 18.6 Å². The van der Waals surface area contributed by atoms with Gasteiger partial charge in [0.1, 0.15) is 11.0 Å². The van der Waals surface area contributed by atoms with Crippen LogP contribution in [0.5, 0.6) is 17.2 Å². The molecule has 2 aromatic carbocycles. The molecule has 0 saturated carbocycles. The number of benzene rings is 2. The first-order chi connectivity index (χ1) is 11.7. The van der Waals surface area contributed by atoms with Crippen molar-refractivity contribution in [2.75, 3.05) is 21.3 Å². The standard InChI is InChI=1S/C19H18O5/c1-21-15-10-14-16(19(23-3)18(15)22-2)17(20)13(11-24-14)9-12-7-5-4-6-8-12/h4-8,10-11H,9H2,1-3H3. The molecule has 24 heavy (non-hydrogen) atoms. The molecule has 0 N–H and O–H groups in total. The van der Waals surface area contributed by atoms with Crippen molar-refractivity contribution in [1.82, 2.24) is 0 Å². The van der Waals surface area contributed by atoms with Gasteiger partial charge in [0.05, 0.1) is 27.6 Å². The van der Waals surface area contributed by atoms with Crippen molar-refractivity contribution in [2.24, 2.45) is 0 Å². The molecule has 0 amide bonds. The number of rotatable bonds is 5. The molecule has 0 bridgehead atoms. The first-order valence-corrected chi connectivity index (χ1v) is 7.46. The van der Waals surface area contributed by atoms with Gasteiger partial charge in [0.2, 0.25) is 5.75 Å². The highest BCUT2D eigenvalue weighted by Gasteiger charge is 2.21. The molecule has 0 aliphatic carbocycles. The number of hydrogen-bond acceptors (Lipinski definition) is 5. The molecule has 5 heteroatoms. The van der Waals surface area contributed by atoms with E-state index < -0.39 is 0 Å². The minimum absolute atomic E-state index is 0.141. The van der Waals surface area contributed by atoms with Gasteiger partial charge in [0.25, 0.3) is 0 Å². The summed E-state index contributed by atoms with van der Waals surface area (Å²) in [4.78, 5) is 12.9. The van der Waals surface area contributed by atoms with Crippen LogP contribution in [0.2, 0.25) is 0 Å². The molecule has 0 aliphatic rings. The molecule has 0 saturated heterocycles. The molecule has 0 fully saturated rings. The highest BCUT2D eigenvalue weighted by molar-refractivity contribution is 5.89. The Morgan fingerprint density at radius 1 is 0.958 bits per heavy atom. The second kappa shape index (κ2) is 6.66.